The van der Waals surface area contributed by atoms with Gasteiger partial charge in [-0.15, -0.1) is 35.3 Å². The SMILES string of the molecule is CN=C(NCCc1cccs1)NCc1ccc(F)c(COC)c1.I. The van der Waals surface area contributed by atoms with E-state index in [2.05, 4.69) is 33.1 Å². The minimum atomic E-state index is -0.242. The number of methoxy groups -OCH3 is 1. The van der Waals surface area contributed by atoms with Gasteiger partial charge in [-0.2, -0.15) is 0 Å². The van der Waals surface area contributed by atoms with Crippen LogP contribution in [0.2, 0.25) is 0 Å². The summed E-state index contributed by atoms with van der Waals surface area (Å²) in [6, 6.07) is 9.22. The number of aliphatic imine (C=N–C) groups is 1. The summed E-state index contributed by atoms with van der Waals surface area (Å²) in [5.41, 5.74) is 1.55. The molecule has 24 heavy (non-hydrogen) atoms. The lowest BCUT2D eigenvalue weighted by Crippen LogP contribution is -2.37. The van der Waals surface area contributed by atoms with E-state index in [1.807, 2.05) is 6.07 Å². The molecule has 0 saturated heterocycles. The molecule has 4 nitrogen and oxygen atoms in total. The first kappa shape index (κ1) is 20.9. The molecular weight excluding hydrogens is 440 g/mol. The Kier molecular flexibility index (Phi) is 9.89. The average molecular weight is 463 g/mol. The second-order valence-electron chi connectivity index (χ2n) is 5.04. The highest BCUT2D eigenvalue weighted by Crippen LogP contribution is 2.11. The van der Waals surface area contributed by atoms with Crippen LogP contribution in [0.3, 0.4) is 0 Å². The van der Waals surface area contributed by atoms with Crippen LogP contribution in [0.5, 0.6) is 0 Å². The molecule has 132 valence electrons. The normalized spacial score (nSPS) is 11.0. The van der Waals surface area contributed by atoms with E-state index in [1.165, 1.54) is 10.9 Å². The third-order valence-corrected chi connectivity index (χ3v) is 4.27. The summed E-state index contributed by atoms with van der Waals surface area (Å²) in [6.45, 7) is 1.67. The Labute approximate surface area is 163 Å². The Morgan fingerprint density at radius 2 is 2.12 bits per heavy atom. The Bertz CT molecular complexity index is 635. The van der Waals surface area contributed by atoms with Crippen LogP contribution in [0.1, 0.15) is 16.0 Å². The summed E-state index contributed by atoms with van der Waals surface area (Å²) < 4.78 is 18.6. The fourth-order valence-electron chi connectivity index (χ4n) is 2.17. The number of benzene rings is 1. The second-order valence-corrected chi connectivity index (χ2v) is 6.07. The zero-order chi connectivity index (χ0) is 16.5. The topological polar surface area (TPSA) is 45.7 Å². The van der Waals surface area contributed by atoms with Gasteiger partial charge in [-0.05, 0) is 35.6 Å². The molecule has 0 aliphatic heterocycles. The average Bonchev–Trinajstić information content (AvgIpc) is 3.07. The fourth-order valence-corrected chi connectivity index (χ4v) is 2.88. The summed E-state index contributed by atoms with van der Waals surface area (Å²) in [5.74, 6) is 0.494. The Morgan fingerprint density at radius 3 is 2.79 bits per heavy atom. The molecule has 7 heteroatoms. The number of thiophene rings is 1. The van der Waals surface area contributed by atoms with Gasteiger partial charge < -0.3 is 15.4 Å². The Hall–Kier alpha value is -1.19. The molecule has 0 fully saturated rings. The number of rotatable bonds is 7. The summed E-state index contributed by atoms with van der Waals surface area (Å²) >= 11 is 1.75. The van der Waals surface area contributed by atoms with Gasteiger partial charge in [0.25, 0.3) is 0 Å². The van der Waals surface area contributed by atoms with Crippen LogP contribution in [0.25, 0.3) is 0 Å². The molecule has 0 bridgehead atoms. The van der Waals surface area contributed by atoms with Crippen molar-refractivity contribution in [1.29, 1.82) is 0 Å². The highest BCUT2D eigenvalue weighted by molar-refractivity contribution is 14.0. The standard InChI is InChI=1S/C17H22FN3OS.HI/c1-19-17(20-8-7-15-4-3-9-23-15)21-11-13-5-6-16(18)14(10-13)12-22-2;/h3-6,9-10H,7-8,11-12H2,1-2H3,(H2,19,20,21);1H. The van der Waals surface area contributed by atoms with Crippen molar-refractivity contribution in [3.63, 3.8) is 0 Å². The van der Waals surface area contributed by atoms with Crippen molar-refractivity contribution in [2.75, 3.05) is 20.7 Å². The van der Waals surface area contributed by atoms with Crippen molar-refractivity contribution < 1.29 is 9.13 Å². The van der Waals surface area contributed by atoms with E-state index >= 15 is 0 Å². The molecule has 0 amide bonds. The lowest BCUT2D eigenvalue weighted by atomic mass is 10.1. The molecule has 0 saturated carbocycles. The highest BCUT2D eigenvalue weighted by atomic mass is 127. The van der Waals surface area contributed by atoms with Gasteiger partial charge >= 0.3 is 0 Å². The maximum Gasteiger partial charge on any atom is 0.191 e. The number of hydrogen-bond donors (Lipinski definition) is 2. The second kappa shape index (κ2) is 11.4. The number of hydrogen-bond acceptors (Lipinski definition) is 3. The smallest absolute Gasteiger partial charge is 0.191 e. The van der Waals surface area contributed by atoms with Gasteiger partial charge in [0.15, 0.2) is 5.96 Å². The van der Waals surface area contributed by atoms with Gasteiger partial charge in [0.2, 0.25) is 0 Å². The number of halogens is 2. The van der Waals surface area contributed by atoms with Crippen molar-refractivity contribution in [2.45, 2.75) is 19.6 Å². The molecular formula is C17H23FIN3OS. The first-order chi connectivity index (χ1) is 11.2. The monoisotopic (exact) mass is 463 g/mol. The quantitative estimate of drug-likeness (QED) is 0.375. The summed E-state index contributed by atoms with van der Waals surface area (Å²) in [5, 5.41) is 8.59. The largest absolute Gasteiger partial charge is 0.380 e. The van der Waals surface area contributed by atoms with Crippen LogP contribution in [-0.4, -0.2) is 26.7 Å². The van der Waals surface area contributed by atoms with Crippen molar-refractivity contribution in [2.24, 2.45) is 4.99 Å². The fraction of sp³-hybridized carbons (Fsp3) is 0.353. The molecule has 2 rings (SSSR count). The zero-order valence-corrected chi connectivity index (χ0v) is 17.0. The predicted octanol–water partition coefficient (Wildman–Crippen LogP) is 3.56. The van der Waals surface area contributed by atoms with E-state index in [-0.39, 0.29) is 36.4 Å². The number of guanidine groups is 1. The lowest BCUT2D eigenvalue weighted by molar-refractivity contribution is 0.181. The predicted molar refractivity (Wildman–Crippen MR) is 109 cm³/mol. The Balaban J connectivity index is 0.00000288. The van der Waals surface area contributed by atoms with Crippen LogP contribution in [0, 0.1) is 5.82 Å². The van der Waals surface area contributed by atoms with E-state index in [0.29, 0.717) is 12.1 Å². The summed E-state index contributed by atoms with van der Waals surface area (Å²) in [4.78, 5) is 5.54. The molecule has 1 heterocycles. The van der Waals surface area contributed by atoms with Crippen LogP contribution < -0.4 is 10.6 Å². The van der Waals surface area contributed by atoms with Crippen molar-refractivity contribution in [1.82, 2.24) is 10.6 Å². The van der Waals surface area contributed by atoms with Gasteiger partial charge in [-0.1, -0.05) is 12.1 Å². The third-order valence-electron chi connectivity index (χ3n) is 3.34. The number of nitrogens with one attached hydrogen (secondary N) is 2. The Morgan fingerprint density at radius 1 is 1.29 bits per heavy atom. The first-order valence-electron chi connectivity index (χ1n) is 7.46. The molecule has 0 aliphatic carbocycles. The van der Waals surface area contributed by atoms with Crippen molar-refractivity contribution in [3.05, 3.63) is 57.5 Å². The van der Waals surface area contributed by atoms with Gasteiger partial charge in [0, 0.05) is 37.7 Å². The van der Waals surface area contributed by atoms with Crippen molar-refractivity contribution in [3.8, 4) is 0 Å². The summed E-state index contributed by atoms with van der Waals surface area (Å²) in [6.07, 6.45) is 0.965. The minimum absolute atomic E-state index is 0. The zero-order valence-electron chi connectivity index (χ0n) is 13.8. The van der Waals surface area contributed by atoms with E-state index < -0.39 is 0 Å². The lowest BCUT2D eigenvalue weighted by Gasteiger charge is -2.12. The molecule has 2 aromatic rings. The molecule has 2 N–H and O–H groups in total. The van der Waals surface area contributed by atoms with E-state index in [1.54, 1.807) is 31.6 Å². The molecule has 0 spiro atoms. The maximum absolute atomic E-state index is 13.6. The van der Waals surface area contributed by atoms with E-state index in [4.69, 9.17) is 4.74 Å². The van der Waals surface area contributed by atoms with Crippen LogP contribution in [0.15, 0.2) is 40.7 Å². The molecule has 0 aliphatic rings. The number of nitrogens with zero attached hydrogens (tertiary/aromatic N) is 1. The van der Waals surface area contributed by atoms with Crippen LogP contribution in [0.4, 0.5) is 4.39 Å². The van der Waals surface area contributed by atoms with Gasteiger partial charge in [-0.3, -0.25) is 4.99 Å². The number of ether oxygens (including phenoxy) is 1. The van der Waals surface area contributed by atoms with Gasteiger partial charge in [-0.25, -0.2) is 4.39 Å². The summed E-state index contributed by atoms with van der Waals surface area (Å²) in [7, 11) is 3.30. The van der Waals surface area contributed by atoms with Crippen LogP contribution >= 0.6 is 35.3 Å². The molecule has 1 aromatic carbocycles. The van der Waals surface area contributed by atoms with E-state index in [9.17, 15) is 4.39 Å². The molecule has 0 radical (unpaired) electrons. The molecule has 1 aromatic heterocycles. The van der Waals surface area contributed by atoms with Crippen LogP contribution in [-0.2, 0) is 24.3 Å². The maximum atomic E-state index is 13.6. The van der Waals surface area contributed by atoms with Crippen molar-refractivity contribution >= 4 is 41.3 Å². The van der Waals surface area contributed by atoms with E-state index in [0.717, 1.165) is 24.5 Å². The van der Waals surface area contributed by atoms with Gasteiger partial charge in [0.05, 0.1) is 6.61 Å². The molecule has 0 unspecified atom stereocenters. The first-order valence-corrected chi connectivity index (χ1v) is 8.34. The molecule has 0 atom stereocenters. The highest BCUT2D eigenvalue weighted by Gasteiger charge is 2.04. The minimum Gasteiger partial charge on any atom is -0.380 e. The van der Waals surface area contributed by atoms with Gasteiger partial charge in [0.1, 0.15) is 5.82 Å². The third kappa shape index (κ3) is 6.74.